The van der Waals surface area contributed by atoms with Crippen molar-refractivity contribution < 1.29 is 13.9 Å². The van der Waals surface area contributed by atoms with Crippen LogP contribution in [0.15, 0.2) is 22.8 Å². The molecule has 0 aromatic carbocycles. The predicted molar refractivity (Wildman–Crippen MR) is 71.8 cm³/mol. The summed E-state index contributed by atoms with van der Waals surface area (Å²) in [5.74, 6) is 0.844. The molecule has 0 spiro atoms. The molecule has 1 unspecified atom stereocenters. The van der Waals surface area contributed by atoms with E-state index in [1.165, 1.54) is 12.8 Å². The van der Waals surface area contributed by atoms with Crippen molar-refractivity contribution in [2.24, 2.45) is 0 Å². The number of likely N-dealkylation sites (tertiary alicyclic amines) is 1. The number of carbonyl (C=O) groups excluding carboxylic acids is 1. The first-order valence-electron chi connectivity index (χ1n) is 6.93. The van der Waals surface area contributed by atoms with Crippen molar-refractivity contribution in [1.82, 2.24) is 10.2 Å². The standard InChI is InChI=1S/C14H22N2O3/c1-2-18-11-14(17)15-10-12(13-6-5-9-19-13)16-7-3-4-8-16/h5-6,9,12H,2-4,7-8,10-11H2,1H3,(H,15,17). The van der Waals surface area contributed by atoms with Crippen molar-refractivity contribution in [3.63, 3.8) is 0 Å². The van der Waals surface area contributed by atoms with Crippen LogP contribution in [0.4, 0.5) is 0 Å². The summed E-state index contributed by atoms with van der Waals surface area (Å²) in [5, 5.41) is 2.92. The second kappa shape index (κ2) is 7.31. The van der Waals surface area contributed by atoms with Gasteiger partial charge in [-0.05, 0) is 45.0 Å². The summed E-state index contributed by atoms with van der Waals surface area (Å²) in [6, 6.07) is 3.99. The van der Waals surface area contributed by atoms with E-state index in [1.54, 1.807) is 6.26 Å². The maximum atomic E-state index is 11.6. The molecule has 106 valence electrons. The Balaban J connectivity index is 1.89. The second-order valence-corrected chi connectivity index (χ2v) is 4.72. The number of nitrogens with one attached hydrogen (secondary N) is 1. The maximum absolute atomic E-state index is 11.6. The summed E-state index contributed by atoms with van der Waals surface area (Å²) in [6.07, 6.45) is 4.11. The zero-order valence-corrected chi connectivity index (χ0v) is 11.4. The molecule has 1 aromatic heterocycles. The zero-order valence-electron chi connectivity index (χ0n) is 11.4. The van der Waals surface area contributed by atoms with Crippen LogP contribution in [0, 0.1) is 0 Å². The SMILES string of the molecule is CCOCC(=O)NCC(c1ccco1)N1CCCC1. The maximum Gasteiger partial charge on any atom is 0.246 e. The topological polar surface area (TPSA) is 54.7 Å². The van der Waals surface area contributed by atoms with Crippen molar-refractivity contribution in [2.45, 2.75) is 25.8 Å². The van der Waals surface area contributed by atoms with Gasteiger partial charge in [-0.25, -0.2) is 0 Å². The van der Waals surface area contributed by atoms with Gasteiger partial charge >= 0.3 is 0 Å². The zero-order chi connectivity index (χ0) is 13.5. The number of nitrogens with zero attached hydrogens (tertiary/aromatic N) is 1. The Morgan fingerprint density at radius 1 is 1.53 bits per heavy atom. The summed E-state index contributed by atoms with van der Waals surface area (Å²) in [6.45, 7) is 5.25. The van der Waals surface area contributed by atoms with Crippen molar-refractivity contribution >= 4 is 5.91 Å². The number of hydrogen-bond donors (Lipinski definition) is 1. The molecular weight excluding hydrogens is 244 g/mol. The molecular formula is C14H22N2O3. The minimum Gasteiger partial charge on any atom is -0.468 e. The predicted octanol–water partition coefficient (Wildman–Crippen LogP) is 1.57. The van der Waals surface area contributed by atoms with E-state index < -0.39 is 0 Å². The van der Waals surface area contributed by atoms with Gasteiger partial charge in [-0.1, -0.05) is 0 Å². The van der Waals surface area contributed by atoms with Crippen molar-refractivity contribution in [3.05, 3.63) is 24.2 Å². The van der Waals surface area contributed by atoms with Gasteiger partial charge in [0, 0.05) is 13.2 Å². The highest BCUT2D eigenvalue weighted by Gasteiger charge is 2.25. The van der Waals surface area contributed by atoms with Gasteiger partial charge in [0.25, 0.3) is 0 Å². The van der Waals surface area contributed by atoms with Crippen LogP contribution in [-0.4, -0.2) is 43.7 Å². The summed E-state index contributed by atoms with van der Waals surface area (Å²) in [4.78, 5) is 14.0. The van der Waals surface area contributed by atoms with Crippen molar-refractivity contribution in [2.75, 3.05) is 32.8 Å². The number of rotatable bonds is 7. The molecule has 0 saturated carbocycles. The van der Waals surface area contributed by atoms with Gasteiger partial charge in [0.05, 0.1) is 12.3 Å². The lowest BCUT2D eigenvalue weighted by Crippen LogP contribution is -2.38. The highest BCUT2D eigenvalue weighted by Crippen LogP contribution is 2.24. The number of amides is 1. The number of furan rings is 1. The monoisotopic (exact) mass is 266 g/mol. The van der Waals surface area contributed by atoms with E-state index >= 15 is 0 Å². The lowest BCUT2D eigenvalue weighted by molar-refractivity contribution is -0.125. The highest BCUT2D eigenvalue weighted by molar-refractivity contribution is 5.77. The van der Waals surface area contributed by atoms with E-state index in [9.17, 15) is 4.79 Å². The van der Waals surface area contributed by atoms with Crippen LogP contribution in [0.5, 0.6) is 0 Å². The third-order valence-electron chi connectivity index (χ3n) is 3.38. The first kappa shape index (κ1) is 14.1. The quantitative estimate of drug-likeness (QED) is 0.814. The summed E-state index contributed by atoms with van der Waals surface area (Å²) in [5.41, 5.74) is 0. The Hall–Kier alpha value is -1.33. The lowest BCUT2D eigenvalue weighted by atomic mass is 10.2. The minimum atomic E-state index is -0.0717. The fourth-order valence-electron chi connectivity index (χ4n) is 2.40. The Bertz CT molecular complexity index is 372. The number of ether oxygens (including phenoxy) is 1. The van der Waals surface area contributed by atoms with E-state index in [4.69, 9.17) is 9.15 Å². The van der Waals surface area contributed by atoms with Gasteiger partial charge in [-0.2, -0.15) is 0 Å². The number of carbonyl (C=O) groups is 1. The van der Waals surface area contributed by atoms with E-state index in [0.29, 0.717) is 13.2 Å². The van der Waals surface area contributed by atoms with E-state index in [-0.39, 0.29) is 18.6 Å². The first-order valence-corrected chi connectivity index (χ1v) is 6.93. The molecule has 0 bridgehead atoms. The smallest absolute Gasteiger partial charge is 0.246 e. The molecule has 5 nitrogen and oxygen atoms in total. The van der Waals surface area contributed by atoms with Gasteiger partial charge < -0.3 is 14.5 Å². The van der Waals surface area contributed by atoms with E-state index in [2.05, 4.69) is 10.2 Å². The largest absolute Gasteiger partial charge is 0.468 e. The Morgan fingerprint density at radius 3 is 2.95 bits per heavy atom. The molecule has 1 atom stereocenters. The molecule has 1 aliphatic heterocycles. The van der Waals surface area contributed by atoms with E-state index in [1.807, 2.05) is 19.1 Å². The summed E-state index contributed by atoms with van der Waals surface area (Å²) < 4.78 is 10.6. The molecule has 1 fully saturated rings. The molecule has 1 aliphatic rings. The second-order valence-electron chi connectivity index (χ2n) is 4.72. The van der Waals surface area contributed by atoms with Crippen molar-refractivity contribution in [1.29, 1.82) is 0 Å². The third kappa shape index (κ3) is 4.08. The van der Waals surface area contributed by atoms with Gasteiger partial charge in [0.2, 0.25) is 5.91 Å². The Kier molecular flexibility index (Phi) is 5.42. The molecule has 2 heterocycles. The number of hydrogen-bond acceptors (Lipinski definition) is 4. The van der Waals surface area contributed by atoms with E-state index in [0.717, 1.165) is 18.8 Å². The summed E-state index contributed by atoms with van der Waals surface area (Å²) in [7, 11) is 0. The Labute approximate surface area is 113 Å². The van der Waals surface area contributed by atoms with Crippen LogP contribution in [0.2, 0.25) is 0 Å². The van der Waals surface area contributed by atoms with Crippen LogP contribution in [-0.2, 0) is 9.53 Å². The van der Waals surface area contributed by atoms with Gasteiger partial charge in [0.15, 0.2) is 0 Å². The average molecular weight is 266 g/mol. The first-order chi connectivity index (χ1) is 9.31. The molecule has 5 heteroatoms. The average Bonchev–Trinajstić information content (AvgIpc) is 3.09. The highest BCUT2D eigenvalue weighted by atomic mass is 16.5. The van der Waals surface area contributed by atoms with Crippen LogP contribution >= 0.6 is 0 Å². The molecule has 1 amide bonds. The fraction of sp³-hybridized carbons (Fsp3) is 0.643. The van der Waals surface area contributed by atoms with Crippen molar-refractivity contribution in [3.8, 4) is 0 Å². The normalized spacial score (nSPS) is 17.5. The molecule has 1 aromatic rings. The lowest BCUT2D eigenvalue weighted by Gasteiger charge is -2.25. The molecule has 0 radical (unpaired) electrons. The van der Waals surface area contributed by atoms with Gasteiger partial charge in [-0.3, -0.25) is 9.69 Å². The van der Waals surface area contributed by atoms with Crippen LogP contribution in [0.3, 0.4) is 0 Å². The van der Waals surface area contributed by atoms with Crippen LogP contribution < -0.4 is 5.32 Å². The fourth-order valence-corrected chi connectivity index (χ4v) is 2.40. The Morgan fingerprint density at radius 2 is 2.32 bits per heavy atom. The van der Waals surface area contributed by atoms with Gasteiger partial charge in [-0.15, -0.1) is 0 Å². The van der Waals surface area contributed by atoms with Gasteiger partial charge in [0.1, 0.15) is 12.4 Å². The van der Waals surface area contributed by atoms with Crippen LogP contribution in [0.1, 0.15) is 31.6 Å². The minimum absolute atomic E-state index is 0.0717. The van der Waals surface area contributed by atoms with Crippen LogP contribution in [0.25, 0.3) is 0 Å². The molecule has 1 saturated heterocycles. The molecule has 1 N–H and O–H groups in total. The molecule has 19 heavy (non-hydrogen) atoms. The molecule has 0 aliphatic carbocycles. The summed E-state index contributed by atoms with van der Waals surface area (Å²) >= 11 is 0. The third-order valence-corrected chi connectivity index (χ3v) is 3.38. The molecule has 2 rings (SSSR count).